The van der Waals surface area contributed by atoms with E-state index in [1.165, 1.54) is 0 Å². The molecule has 2 aromatic heterocycles. The van der Waals surface area contributed by atoms with Crippen molar-refractivity contribution in [1.82, 2.24) is 30.1 Å². The zero-order chi connectivity index (χ0) is 17.8. The maximum Gasteiger partial charge on any atom is 0.245 e. The van der Waals surface area contributed by atoms with Crippen LogP contribution in [0.3, 0.4) is 0 Å². The van der Waals surface area contributed by atoms with Crippen LogP contribution in [0, 0.1) is 13.8 Å². The molecule has 0 saturated heterocycles. The first-order chi connectivity index (χ1) is 12.1. The molecule has 2 heterocycles. The second-order valence-electron chi connectivity index (χ2n) is 6.12. The van der Waals surface area contributed by atoms with Gasteiger partial charge in [-0.15, -0.1) is 5.10 Å². The molecule has 7 heteroatoms. The Kier molecular flexibility index (Phi) is 4.92. The molecule has 25 heavy (non-hydrogen) atoms. The number of aromatic nitrogens is 5. The summed E-state index contributed by atoms with van der Waals surface area (Å²) in [6.07, 6.45) is 0.532. The molecule has 0 aliphatic carbocycles. The largest absolute Gasteiger partial charge is 0.350 e. The van der Waals surface area contributed by atoms with Gasteiger partial charge in [-0.3, -0.25) is 4.79 Å². The Bertz CT molecular complexity index is 852. The van der Waals surface area contributed by atoms with Crippen molar-refractivity contribution >= 4 is 5.91 Å². The fourth-order valence-corrected chi connectivity index (χ4v) is 2.79. The summed E-state index contributed by atoms with van der Waals surface area (Å²) in [5.74, 6) is 0.517. The predicted molar refractivity (Wildman–Crippen MR) is 93.7 cm³/mol. The van der Waals surface area contributed by atoms with Gasteiger partial charge in [-0.1, -0.05) is 30.3 Å². The molecular formula is C18H22N6O. The van der Waals surface area contributed by atoms with E-state index in [1.54, 1.807) is 11.6 Å². The normalized spacial score (nSPS) is 12.1. The van der Waals surface area contributed by atoms with Gasteiger partial charge in [0.1, 0.15) is 11.9 Å². The summed E-state index contributed by atoms with van der Waals surface area (Å²) < 4.78 is 3.65. The van der Waals surface area contributed by atoms with Crippen LogP contribution >= 0.6 is 0 Å². The lowest BCUT2D eigenvalue weighted by Gasteiger charge is -2.18. The first-order valence-electron chi connectivity index (χ1n) is 8.23. The number of nitrogens with one attached hydrogen (secondary N) is 1. The summed E-state index contributed by atoms with van der Waals surface area (Å²) >= 11 is 0. The van der Waals surface area contributed by atoms with E-state index < -0.39 is 6.04 Å². The zero-order valence-electron chi connectivity index (χ0n) is 14.7. The minimum Gasteiger partial charge on any atom is -0.350 e. The molecule has 1 amide bonds. The summed E-state index contributed by atoms with van der Waals surface area (Å²) in [4.78, 5) is 12.9. The summed E-state index contributed by atoms with van der Waals surface area (Å²) in [6, 6.07) is 13.4. The molecule has 0 fully saturated rings. The van der Waals surface area contributed by atoms with Gasteiger partial charge in [0.15, 0.2) is 0 Å². The van der Waals surface area contributed by atoms with E-state index in [9.17, 15) is 4.79 Å². The van der Waals surface area contributed by atoms with E-state index in [0.717, 1.165) is 17.0 Å². The van der Waals surface area contributed by atoms with Gasteiger partial charge in [-0.05, 0) is 42.0 Å². The topological polar surface area (TPSA) is 77.6 Å². The third-order valence-corrected chi connectivity index (χ3v) is 4.45. The van der Waals surface area contributed by atoms with Crippen molar-refractivity contribution in [3.8, 4) is 0 Å². The SMILES string of the molecule is Cc1nnnn1[C@@H](Cc1ccccc1)C(=O)NCc1ccc(C)n1C. The molecule has 7 nitrogen and oxygen atoms in total. The van der Waals surface area contributed by atoms with E-state index in [4.69, 9.17) is 0 Å². The average Bonchev–Trinajstić information content (AvgIpc) is 3.18. The van der Waals surface area contributed by atoms with Crippen LogP contribution in [0.15, 0.2) is 42.5 Å². The Morgan fingerprint density at radius 2 is 1.92 bits per heavy atom. The van der Waals surface area contributed by atoms with Crippen molar-refractivity contribution in [3.05, 3.63) is 65.2 Å². The molecule has 0 radical (unpaired) electrons. The molecule has 0 aliphatic rings. The fourth-order valence-electron chi connectivity index (χ4n) is 2.79. The molecule has 1 atom stereocenters. The number of amides is 1. The summed E-state index contributed by atoms with van der Waals surface area (Å²) in [5, 5.41) is 14.6. The number of aryl methyl sites for hydroxylation is 2. The predicted octanol–water partition coefficient (Wildman–Crippen LogP) is 1.73. The second kappa shape index (κ2) is 7.29. The minimum atomic E-state index is -0.487. The highest BCUT2D eigenvalue weighted by Gasteiger charge is 2.24. The zero-order valence-corrected chi connectivity index (χ0v) is 14.7. The molecule has 0 saturated carbocycles. The molecule has 0 unspecified atom stereocenters. The van der Waals surface area contributed by atoms with Crippen molar-refractivity contribution in [2.24, 2.45) is 7.05 Å². The van der Waals surface area contributed by atoms with Crippen molar-refractivity contribution in [1.29, 1.82) is 0 Å². The van der Waals surface area contributed by atoms with Crippen LogP contribution in [0.2, 0.25) is 0 Å². The molecule has 130 valence electrons. The van der Waals surface area contributed by atoms with E-state index >= 15 is 0 Å². The number of tetrazole rings is 1. The standard InChI is InChI=1S/C18H22N6O/c1-13-9-10-16(23(13)3)12-19-18(25)17(24-14(2)20-21-22-24)11-15-7-5-4-6-8-15/h4-10,17H,11-12H2,1-3H3,(H,19,25)/t17-/m0/s1. The van der Waals surface area contributed by atoms with Crippen LogP contribution in [0.25, 0.3) is 0 Å². The van der Waals surface area contributed by atoms with E-state index in [1.807, 2.05) is 56.4 Å². The van der Waals surface area contributed by atoms with Crippen LogP contribution in [0.5, 0.6) is 0 Å². The lowest BCUT2D eigenvalue weighted by Crippen LogP contribution is -2.35. The minimum absolute atomic E-state index is 0.0990. The van der Waals surface area contributed by atoms with Gasteiger partial charge in [0, 0.05) is 24.9 Å². The third kappa shape index (κ3) is 3.76. The maximum atomic E-state index is 12.9. The second-order valence-corrected chi connectivity index (χ2v) is 6.12. The Hall–Kier alpha value is -2.96. The number of nitrogens with zero attached hydrogens (tertiary/aromatic N) is 5. The fraction of sp³-hybridized carbons (Fsp3) is 0.333. The van der Waals surface area contributed by atoms with Crippen LogP contribution in [-0.2, 0) is 24.8 Å². The summed E-state index contributed by atoms with van der Waals surface area (Å²) in [6.45, 7) is 4.30. The lowest BCUT2D eigenvalue weighted by molar-refractivity contribution is -0.124. The monoisotopic (exact) mass is 338 g/mol. The van der Waals surface area contributed by atoms with E-state index in [2.05, 4.69) is 25.4 Å². The summed E-state index contributed by atoms with van der Waals surface area (Å²) in [7, 11) is 1.99. The third-order valence-electron chi connectivity index (χ3n) is 4.45. The molecule has 3 aromatic rings. The van der Waals surface area contributed by atoms with Gasteiger partial charge in [0.25, 0.3) is 0 Å². The molecular weight excluding hydrogens is 316 g/mol. The van der Waals surface area contributed by atoms with Gasteiger partial charge < -0.3 is 9.88 Å². The Morgan fingerprint density at radius 3 is 2.52 bits per heavy atom. The van der Waals surface area contributed by atoms with Gasteiger partial charge in [-0.2, -0.15) is 0 Å². The number of benzene rings is 1. The smallest absolute Gasteiger partial charge is 0.245 e. The lowest BCUT2D eigenvalue weighted by atomic mass is 10.1. The summed E-state index contributed by atoms with van der Waals surface area (Å²) in [5.41, 5.74) is 3.27. The van der Waals surface area contributed by atoms with Crippen LogP contribution in [0.4, 0.5) is 0 Å². The van der Waals surface area contributed by atoms with Crippen molar-refractivity contribution < 1.29 is 4.79 Å². The Morgan fingerprint density at radius 1 is 1.16 bits per heavy atom. The first kappa shape index (κ1) is 16.9. The van der Waals surface area contributed by atoms with Crippen molar-refractivity contribution in [3.63, 3.8) is 0 Å². The van der Waals surface area contributed by atoms with Crippen molar-refractivity contribution in [2.75, 3.05) is 0 Å². The number of hydrogen-bond donors (Lipinski definition) is 1. The quantitative estimate of drug-likeness (QED) is 0.742. The van der Waals surface area contributed by atoms with Gasteiger partial charge >= 0.3 is 0 Å². The van der Waals surface area contributed by atoms with Crippen LogP contribution in [-0.4, -0.2) is 30.7 Å². The number of hydrogen-bond acceptors (Lipinski definition) is 4. The molecule has 3 rings (SSSR count). The molecule has 0 spiro atoms. The maximum absolute atomic E-state index is 12.9. The molecule has 0 aliphatic heterocycles. The number of carbonyl (C=O) groups is 1. The Labute approximate surface area is 146 Å². The first-order valence-corrected chi connectivity index (χ1v) is 8.23. The van der Waals surface area contributed by atoms with Gasteiger partial charge in [-0.25, -0.2) is 4.68 Å². The highest BCUT2D eigenvalue weighted by molar-refractivity contribution is 5.80. The van der Waals surface area contributed by atoms with E-state index in [-0.39, 0.29) is 5.91 Å². The number of carbonyl (C=O) groups excluding carboxylic acids is 1. The van der Waals surface area contributed by atoms with E-state index in [0.29, 0.717) is 18.8 Å². The number of rotatable bonds is 6. The van der Waals surface area contributed by atoms with Gasteiger partial charge in [0.05, 0.1) is 6.54 Å². The highest BCUT2D eigenvalue weighted by Crippen LogP contribution is 2.15. The molecule has 1 N–H and O–H groups in total. The molecule has 1 aromatic carbocycles. The highest BCUT2D eigenvalue weighted by atomic mass is 16.2. The Balaban J connectivity index is 1.77. The van der Waals surface area contributed by atoms with Crippen molar-refractivity contribution in [2.45, 2.75) is 32.9 Å². The van der Waals surface area contributed by atoms with Crippen LogP contribution < -0.4 is 5.32 Å². The molecule has 0 bridgehead atoms. The van der Waals surface area contributed by atoms with Gasteiger partial charge in [0.2, 0.25) is 5.91 Å². The average molecular weight is 338 g/mol. The van der Waals surface area contributed by atoms with Crippen LogP contribution in [0.1, 0.15) is 28.8 Å².